The zero-order valence-electron chi connectivity index (χ0n) is 11.5. The molecule has 2 rings (SSSR count). The molecule has 0 spiro atoms. The van der Waals surface area contributed by atoms with Crippen LogP contribution in [0.1, 0.15) is 29.9 Å². The zero-order chi connectivity index (χ0) is 14.5. The van der Waals surface area contributed by atoms with Crippen LogP contribution < -0.4 is 5.32 Å². The van der Waals surface area contributed by atoms with Gasteiger partial charge in [0, 0.05) is 10.7 Å². The second-order valence-electron chi connectivity index (χ2n) is 4.63. The summed E-state index contributed by atoms with van der Waals surface area (Å²) in [5, 5.41) is 3.39. The van der Waals surface area contributed by atoms with E-state index >= 15 is 0 Å². The minimum Gasteiger partial charge on any atom is -0.309 e. The summed E-state index contributed by atoms with van der Waals surface area (Å²) in [5.74, 6) is -0.240. The fourth-order valence-corrected chi connectivity index (χ4v) is 2.53. The minimum atomic E-state index is -0.240. The van der Waals surface area contributed by atoms with Gasteiger partial charge >= 0.3 is 0 Å². The maximum Gasteiger partial charge on any atom is 0.124 e. The van der Waals surface area contributed by atoms with E-state index in [-0.39, 0.29) is 11.9 Å². The van der Waals surface area contributed by atoms with Gasteiger partial charge in [-0.1, -0.05) is 28.9 Å². The van der Waals surface area contributed by atoms with Gasteiger partial charge in [-0.2, -0.15) is 0 Å². The van der Waals surface area contributed by atoms with Gasteiger partial charge < -0.3 is 5.32 Å². The van der Waals surface area contributed by atoms with Crippen molar-refractivity contribution in [3.05, 3.63) is 57.8 Å². The van der Waals surface area contributed by atoms with E-state index in [0.29, 0.717) is 0 Å². The van der Waals surface area contributed by atoms with E-state index in [9.17, 15) is 4.39 Å². The lowest BCUT2D eigenvalue weighted by atomic mass is 10.0. The zero-order valence-corrected chi connectivity index (χ0v) is 13.1. The predicted octanol–water partition coefficient (Wildman–Crippen LogP) is 3.58. The van der Waals surface area contributed by atoms with Gasteiger partial charge in [-0.25, -0.2) is 4.39 Å². The Morgan fingerprint density at radius 1 is 1.30 bits per heavy atom. The molecule has 0 bridgehead atoms. The lowest BCUT2D eigenvalue weighted by Gasteiger charge is -2.18. The number of hydrogen-bond donors (Lipinski definition) is 1. The van der Waals surface area contributed by atoms with Crippen molar-refractivity contribution in [3.8, 4) is 0 Å². The van der Waals surface area contributed by atoms with Crippen molar-refractivity contribution < 1.29 is 4.39 Å². The number of nitrogens with one attached hydrogen (secondary N) is 1. The highest BCUT2D eigenvalue weighted by Crippen LogP contribution is 2.23. The van der Waals surface area contributed by atoms with E-state index in [1.165, 1.54) is 12.1 Å². The molecule has 1 aromatic heterocycles. The molecule has 1 aromatic carbocycles. The number of aryl methyl sites for hydroxylation is 1. The Morgan fingerprint density at radius 3 is 2.70 bits per heavy atom. The molecule has 0 saturated carbocycles. The summed E-state index contributed by atoms with van der Waals surface area (Å²) in [6.45, 7) is 4.79. The van der Waals surface area contributed by atoms with E-state index < -0.39 is 0 Å². The Hall–Kier alpha value is -1.33. The van der Waals surface area contributed by atoms with Crippen LogP contribution in [0.4, 0.5) is 4.39 Å². The van der Waals surface area contributed by atoms with Crippen molar-refractivity contribution >= 4 is 15.9 Å². The molecule has 0 saturated heterocycles. The Balaban J connectivity index is 2.22. The highest BCUT2D eigenvalue weighted by molar-refractivity contribution is 9.10. The van der Waals surface area contributed by atoms with Crippen LogP contribution in [0, 0.1) is 12.7 Å². The second kappa shape index (κ2) is 6.90. The number of likely N-dealkylation sites (N-methyl/N-ethyl adjacent to an activating group) is 1. The molecule has 0 aliphatic heterocycles. The fourth-order valence-electron chi connectivity index (χ4n) is 2.02. The molecule has 0 aliphatic carbocycles. The second-order valence-corrected chi connectivity index (χ2v) is 5.49. The van der Waals surface area contributed by atoms with Crippen LogP contribution in [0.25, 0.3) is 0 Å². The van der Waals surface area contributed by atoms with Gasteiger partial charge in [-0.05, 0) is 37.6 Å². The molecular weight excluding hydrogens is 321 g/mol. The van der Waals surface area contributed by atoms with Crippen molar-refractivity contribution in [1.29, 1.82) is 0 Å². The van der Waals surface area contributed by atoms with Crippen molar-refractivity contribution in [2.24, 2.45) is 0 Å². The average molecular weight is 338 g/mol. The molecule has 1 N–H and O–H groups in total. The standard InChI is InChI=1S/C15H17BrFN3/c1-3-18-14(15-9-19-10(2)8-20-15)6-11-4-5-12(17)7-13(11)16/h4-5,7-9,14,18H,3,6H2,1-2H3. The first-order valence-corrected chi connectivity index (χ1v) is 7.35. The van der Waals surface area contributed by atoms with Gasteiger partial charge in [0.25, 0.3) is 0 Å². The minimum absolute atomic E-state index is 0.0647. The van der Waals surface area contributed by atoms with Gasteiger partial charge in [-0.15, -0.1) is 0 Å². The van der Waals surface area contributed by atoms with E-state index in [1.807, 2.05) is 13.8 Å². The molecule has 3 nitrogen and oxygen atoms in total. The van der Waals surface area contributed by atoms with Gasteiger partial charge in [0.15, 0.2) is 0 Å². The third kappa shape index (κ3) is 3.84. The summed E-state index contributed by atoms with van der Waals surface area (Å²) in [4.78, 5) is 8.71. The van der Waals surface area contributed by atoms with E-state index in [2.05, 4.69) is 31.2 Å². The molecule has 106 valence electrons. The van der Waals surface area contributed by atoms with E-state index in [1.54, 1.807) is 18.5 Å². The third-order valence-electron chi connectivity index (χ3n) is 3.05. The van der Waals surface area contributed by atoms with Crippen LogP contribution in [0.3, 0.4) is 0 Å². The number of hydrogen-bond acceptors (Lipinski definition) is 3. The lowest BCUT2D eigenvalue weighted by Crippen LogP contribution is -2.24. The molecule has 0 fully saturated rings. The summed E-state index contributed by atoms with van der Waals surface area (Å²) in [5.41, 5.74) is 2.83. The van der Waals surface area contributed by atoms with Crippen LogP contribution in [0.15, 0.2) is 35.1 Å². The fraction of sp³-hybridized carbons (Fsp3) is 0.333. The quantitative estimate of drug-likeness (QED) is 0.906. The highest BCUT2D eigenvalue weighted by Gasteiger charge is 2.15. The molecule has 5 heteroatoms. The first kappa shape index (κ1) is 15.1. The average Bonchev–Trinajstić information content (AvgIpc) is 2.42. The summed E-state index contributed by atoms with van der Waals surface area (Å²) in [6, 6.07) is 4.82. The summed E-state index contributed by atoms with van der Waals surface area (Å²) in [7, 11) is 0. The molecule has 1 atom stereocenters. The van der Waals surface area contributed by atoms with Crippen molar-refractivity contribution in [2.75, 3.05) is 6.54 Å². The molecular formula is C15H17BrFN3. The molecule has 2 aromatic rings. The van der Waals surface area contributed by atoms with Crippen LogP contribution in [0.5, 0.6) is 0 Å². The number of rotatable bonds is 5. The molecule has 0 radical (unpaired) electrons. The number of aromatic nitrogens is 2. The molecule has 0 amide bonds. The van der Waals surface area contributed by atoms with Crippen LogP contribution in [-0.2, 0) is 6.42 Å². The van der Waals surface area contributed by atoms with Gasteiger partial charge in [0.2, 0.25) is 0 Å². The number of benzene rings is 1. The normalized spacial score (nSPS) is 12.4. The topological polar surface area (TPSA) is 37.8 Å². The van der Waals surface area contributed by atoms with Crippen LogP contribution >= 0.6 is 15.9 Å². The summed E-state index contributed by atoms with van der Waals surface area (Å²) < 4.78 is 13.9. The molecule has 0 aliphatic rings. The largest absolute Gasteiger partial charge is 0.309 e. The van der Waals surface area contributed by atoms with E-state index in [4.69, 9.17) is 0 Å². The van der Waals surface area contributed by atoms with Gasteiger partial charge in [-0.3, -0.25) is 9.97 Å². The maximum atomic E-state index is 13.1. The van der Waals surface area contributed by atoms with Crippen molar-refractivity contribution in [1.82, 2.24) is 15.3 Å². The van der Waals surface area contributed by atoms with Gasteiger partial charge in [0.05, 0.1) is 23.6 Å². The number of halogens is 2. The first-order chi connectivity index (χ1) is 9.60. The smallest absolute Gasteiger partial charge is 0.124 e. The number of nitrogens with zero attached hydrogens (tertiary/aromatic N) is 2. The molecule has 1 heterocycles. The molecule has 20 heavy (non-hydrogen) atoms. The van der Waals surface area contributed by atoms with Gasteiger partial charge in [0.1, 0.15) is 5.82 Å². The Kier molecular flexibility index (Phi) is 5.20. The Labute approximate surface area is 126 Å². The Bertz CT molecular complexity index is 572. The summed E-state index contributed by atoms with van der Waals surface area (Å²) >= 11 is 3.41. The maximum absolute atomic E-state index is 13.1. The SMILES string of the molecule is CCNC(Cc1ccc(F)cc1Br)c1cnc(C)cn1. The van der Waals surface area contributed by atoms with E-state index in [0.717, 1.165) is 34.4 Å². The summed E-state index contributed by atoms with van der Waals surface area (Å²) in [6.07, 6.45) is 4.28. The van der Waals surface area contributed by atoms with Crippen LogP contribution in [0.2, 0.25) is 0 Å². The highest BCUT2D eigenvalue weighted by atomic mass is 79.9. The predicted molar refractivity (Wildman–Crippen MR) is 81.0 cm³/mol. The van der Waals surface area contributed by atoms with Crippen molar-refractivity contribution in [3.63, 3.8) is 0 Å². The lowest BCUT2D eigenvalue weighted by molar-refractivity contribution is 0.532. The first-order valence-electron chi connectivity index (χ1n) is 6.56. The Morgan fingerprint density at radius 2 is 2.10 bits per heavy atom. The van der Waals surface area contributed by atoms with Crippen molar-refractivity contribution in [2.45, 2.75) is 26.3 Å². The van der Waals surface area contributed by atoms with Crippen LogP contribution in [-0.4, -0.2) is 16.5 Å². The monoisotopic (exact) mass is 337 g/mol. The third-order valence-corrected chi connectivity index (χ3v) is 3.79. The molecule has 1 unspecified atom stereocenters.